The summed E-state index contributed by atoms with van der Waals surface area (Å²) in [6.07, 6.45) is 2.02. The topological polar surface area (TPSA) is 98.4 Å². The fraction of sp³-hybridized carbons (Fsp3) is 0.667. The number of nitrogen functional groups attached to an aromatic ring is 1. The number of amides is 1. The lowest BCUT2D eigenvalue weighted by molar-refractivity contribution is -0.150. The molecule has 2 heterocycles. The number of nitrogens with zero attached hydrogens (tertiary/aromatic N) is 3. The molecule has 1 aromatic rings. The summed E-state index contributed by atoms with van der Waals surface area (Å²) >= 11 is 2.41. The van der Waals surface area contributed by atoms with Crippen molar-refractivity contribution in [3.63, 3.8) is 0 Å². The number of esters is 1. The predicted molar refractivity (Wildman–Crippen MR) is 81.0 cm³/mol. The van der Waals surface area contributed by atoms with Crippen LogP contribution in [0.1, 0.15) is 19.8 Å². The molecule has 0 aromatic carbocycles. The van der Waals surface area contributed by atoms with E-state index in [1.165, 1.54) is 23.1 Å². The average Bonchev–Trinajstić information content (AvgIpc) is 2.89. The van der Waals surface area contributed by atoms with Gasteiger partial charge >= 0.3 is 5.97 Å². The first-order valence-corrected chi connectivity index (χ1v) is 8.50. The highest BCUT2D eigenvalue weighted by molar-refractivity contribution is 8.01. The Kier molecular flexibility index (Phi) is 5.80. The van der Waals surface area contributed by atoms with Gasteiger partial charge in [-0.25, -0.2) is 0 Å². The normalized spacial score (nSPS) is 16.0. The maximum absolute atomic E-state index is 11.9. The molecule has 21 heavy (non-hydrogen) atoms. The van der Waals surface area contributed by atoms with Crippen LogP contribution in [0.2, 0.25) is 0 Å². The van der Waals surface area contributed by atoms with Crippen LogP contribution in [0.15, 0.2) is 4.34 Å². The Morgan fingerprint density at radius 2 is 2.14 bits per heavy atom. The summed E-state index contributed by atoms with van der Waals surface area (Å²) in [5.41, 5.74) is 5.44. The molecule has 0 unspecified atom stereocenters. The second kappa shape index (κ2) is 7.60. The van der Waals surface area contributed by atoms with E-state index in [0.29, 0.717) is 15.4 Å². The smallest absolute Gasteiger partial charge is 0.316 e. The van der Waals surface area contributed by atoms with Gasteiger partial charge in [-0.3, -0.25) is 9.59 Å². The lowest BCUT2D eigenvalue weighted by atomic mass is 9.99. The van der Waals surface area contributed by atoms with E-state index in [1.54, 1.807) is 4.90 Å². The molecule has 0 aliphatic carbocycles. The number of likely N-dealkylation sites (tertiary alicyclic amines) is 1. The van der Waals surface area contributed by atoms with Crippen molar-refractivity contribution in [1.82, 2.24) is 15.1 Å². The highest BCUT2D eigenvalue weighted by atomic mass is 32.2. The summed E-state index contributed by atoms with van der Waals surface area (Å²) in [5, 5.41) is 7.80. The van der Waals surface area contributed by atoms with Crippen LogP contribution in [0.25, 0.3) is 0 Å². The summed E-state index contributed by atoms with van der Waals surface area (Å²) in [6.45, 7) is 3.48. The van der Waals surface area contributed by atoms with Gasteiger partial charge in [0, 0.05) is 13.1 Å². The van der Waals surface area contributed by atoms with Crippen molar-refractivity contribution in [3.05, 3.63) is 0 Å². The van der Waals surface area contributed by atoms with Crippen LogP contribution in [0.4, 0.5) is 5.13 Å². The summed E-state index contributed by atoms with van der Waals surface area (Å²) in [4.78, 5) is 25.2. The number of anilines is 1. The van der Waals surface area contributed by atoms with E-state index in [0.717, 1.165) is 25.9 Å². The molecular formula is C12H18N4O3S2. The number of aromatic nitrogens is 2. The SMILES string of the molecule is CC1CCN(C(=O)COC(=O)CSc2nnc(N)s2)CC1. The van der Waals surface area contributed by atoms with E-state index in [9.17, 15) is 9.59 Å². The quantitative estimate of drug-likeness (QED) is 0.635. The second-order valence-corrected chi connectivity index (χ2v) is 7.15. The van der Waals surface area contributed by atoms with Crippen molar-refractivity contribution in [2.45, 2.75) is 24.1 Å². The largest absolute Gasteiger partial charge is 0.455 e. The van der Waals surface area contributed by atoms with Crippen molar-refractivity contribution in [2.24, 2.45) is 5.92 Å². The number of hydrogen-bond donors (Lipinski definition) is 1. The minimum Gasteiger partial charge on any atom is -0.455 e. The van der Waals surface area contributed by atoms with Gasteiger partial charge in [0.15, 0.2) is 10.9 Å². The molecular weight excluding hydrogens is 312 g/mol. The van der Waals surface area contributed by atoms with Crippen LogP contribution in [0.5, 0.6) is 0 Å². The molecule has 1 aliphatic heterocycles. The molecule has 1 saturated heterocycles. The molecule has 0 saturated carbocycles. The Morgan fingerprint density at radius 1 is 1.43 bits per heavy atom. The van der Waals surface area contributed by atoms with Gasteiger partial charge in [0.05, 0.1) is 5.75 Å². The van der Waals surface area contributed by atoms with E-state index < -0.39 is 5.97 Å². The van der Waals surface area contributed by atoms with Crippen LogP contribution in [-0.2, 0) is 14.3 Å². The minimum absolute atomic E-state index is 0.0962. The van der Waals surface area contributed by atoms with E-state index >= 15 is 0 Å². The molecule has 0 bridgehead atoms. The molecule has 2 N–H and O–H groups in total. The van der Waals surface area contributed by atoms with Crippen molar-refractivity contribution < 1.29 is 14.3 Å². The summed E-state index contributed by atoms with van der Waals surface area (Å²) in [7, 11) is 0. The highest BCUT2D eigenvalue weighted by Crippen LogP contribution is 2.23. The van der Waals surface area contributed by atoms with Crippen molar-refractivity contribution in [3.8, 4) is 0 Å². The number of hydrogen-bond acceptors (Lipinski definition) is 8. The zero-order valence-electron chi connectivity index (χ0n) is 11.8. The first-order chi connectivity index (χ1) is 10.0. The number of carbonyl (C=O) groups excluding carboxylic acids is 2. The van der Waals surface area contributed by atoms with Gasteiger partial charge in [-0.2, -0.15) is 0 Å². The predicted octanol–water partition coefficient (Wildman–Crippen LogP) is 1.01. The van der Waals surface area contributed by atoms with Gasteiger partial charge in [-0.1, -0.05) is 30.0 Å². The summed E-state index contributed by atoms with van der Waals surface area (Å²) in [6, 6.07) is 0. The molecule has 7 nitrogen and oxygen atoms in total. The Hall–Kier alpha value is -1.35. The third-order valence-corrected chi connectivity index (χ3v) is 5.09. The lowest BCUT2D eigenvalue weighted by Gasteiger charge is -2.30. The summed E-state index contributed by atoms with van der Waals surface area (Å²) < 4.78 is 5.60. The molecule has 9 heteroatoms. The van der Waals surface area contributed by atoms with Crippen LogP contribution < -0.4 is 5.73 Å². The first-order valence-electron chi connectivity index (χ1n) is 6.69. The van der Waals surface area contributed by atoms with E-state index in [2.05, 4.69) is 17.1 Å². The lowest BCUT2D eigenvalue weighted by Crippen LogP contribution is -2.40. The van der Waals surface area contributed by atoms with Gasteiger partial charge in [0.25, 0.3) is 5.91 Å². The standard InChI is InChI=1S/C12H18N4O3S2/c1-8-2-4-16(5-3-8)9(17)6-19-10(18)7-20-12-15-14-11(13)21-12/h8H,2-7H2,1H3,(H2,13,14). The maximum Gasteiger partial charge on any atom is 0.316 e. The van der Waals surface area contributed by atoms with Gasteiger partial charge in [-0.15, -0.1) is 10.2 Å². The van der Waals surface area contributed by atoms with Gasteiger partial charge in [0.1, 0.15) is 0 Å². The first kappa shape index (κ1) is 16.0. The second-order valence-electron chi connectivity index (χ2n) is 4.92. The Bertz CT molecular complexity index is 500. The Morgan fingerprint density at radius 3 is 2.76 bits per heavy atom. The summed E-state index contributed by atoms with van der Waals surface area (Å²) in [5.74, 6) is 0.194. The van der Waals surface area contributed by atoms with E-state index in [-0.39, 0.29) is 18.3 Å². The van der Waals surface area contributed by atoms with Crippen molar-refractivity contribution in [1.29, 1.82) is 0 Å². The number of ether oxygens (including phenoxy) is 1. The fourth-order valence-electron chi connectivity index (χ4n) is 1.93. The molecule has 1 fully saturated rings. The van der Waals surface area contributed by atoms with Crippen LogP contribution in [0, 0.1) is 5.92 Å². The van der Waals surface area contributed by atoms with Gasteiger partial charge < -0.3 is 15.4 Å². The number of carbonyl (C=O) groups is 2. The number of rotatable bonds is 5. The molecule has 1 aliphatic rings. The van der Waals surface area contributed by atoms with E-state index in [4.69, 9.17) is 10.5 Å². The third kappa shape index (κ3) is 5.16. The number of thioether (sulfide) groups is 1. The maximum atomic E-state index is 11.9. The third-order valence-electron chi connectivity index (χ3n) is 3.23. The fourth-order valence-corrected chi connectivity index (χ4v) is 3.37. The minimum atomic E-state index is -0.438. The number of piperidine rings is 1. The van der Waals surface area contributed by atoms with Crippen LogP contribution in [0.3, 0.4) is 0 Å². The van der Waals surface area contributed by atoms with E-state index in [1.807, 2.05) is 0 Å². The number of nitrogens with two attached hydrogens (primary N) is 1. The zero-order valence-corrected chi connectivity index (χ0v) is 13.4. The molecule has 116 valence electrons. The van der Waals surface area contributed by atoms with Crippen LogP contribution in [-0.4, -0.2) is 52.4 Å². The molecule has 0 radical (unpaired) electrons. The van der Waals surface area contributed by atoms with Gasteiger partial charge in [-0.05, 0) is 18.8 Å². The van der Waals surface area contributed by atoms with Gasteiger partial charge in [0.2, 0.25) is 5.13 Å². The molecule has 1 aromatic heterocycles. The zero-order chi connectivity index (χ0) is 15.2. The molecule has 2 rings (SSSR count). The molecule has 0 atom stereocenters. The molecule has 0 spiro atoms. The Balaban J connectivity index is 1.65. The average molecular weight is 330 g/mol. The Labute approximate surface area is 131 Å². The molecule has 1 amide bonds. The van der Waals surface area contributed by atoms with Crippen molar-refractivity contribution in [2.75, 3.05) is 31.2 Å². The van der Waals surface area contributed by atoms with Crippen LogP contribution >= 0.6 is 23.1 Å². The van der Waals surface area contributed by atoms with Crippen molar-refractivity contribution >= 4 is 40.1 Å². The highest BCUT2D eigenvalue weighted by Gasteiger charge is 2.21. The monoisotopic (exact) mass is 330 g/mol.